The Labute approximate surface area is 103 Å². The van der Waals surface area contributed by atoms with Gasteiger partial charge < -0.3 is 9.47 Å². The van der Waals surface area contributed by atoms with E-state index in [0.717, 1.165) is 10.6 Å². The third-order valence-corrected chi connectivity index (χ3v) is 3.17. The van der Waals surface area contributed by atoms with Crippen molar-refractivity contribution in [3.63, 3.8) is 0 Å². The first kappa shape index (κ1) is 11.4. The van der Waals surface area contributed by atoms with Crippen LogP contribution < -0.4 is 9.47 Å². The smallest absolute Gasteiger partial charge is 0.125 e. The topological polar surface area (TPSA) is 55.1 Å². The number of nitrogens with zero attached hydrogens (tertiary/aromatic N) is 2. The van der Waals surface area contributed by atoms with Crippen molar-refractivity contribution < 1.29 is 9.47 Å². The summed E-state index contributed by atoms with van der Waals surface area (Å²) in [6.45, 7) is 0. The minimum absolute atomic E-state index is 0.585. The standard InChI is InChI=1S/C12H10N2O2S/c1-15-9-3-8(4-10(5-9)16-2)12-14-7-11(6-13)17-12/h3-5,7H,1-2H3. The summed E-state index contributed by atoms with van der Waals surface area (Å²) >= 11 is 1.34. The van der Waals surface area contributed by atoms with Gasteiger partial charge in [-0.3, -0.25) is 0 Å². The molecule has 0 radical (unpaired) electrons. The summed E-state index contributed by atoms with van der Waals surface area (Å²) in [4.78, 5) is 4.78. The van der Waals surface area contributed by atoms with Gasteiger partial charge in [-0.1, -0.05) is 0 Å². The molecular weight excluding hydrogens is 236 g/mol. The van der Waals surface area contributed by atoms with Gasteiger partial charge in [-0.2, -0.15) is 5.26 Å². The predicted octanol–water partition coefficient (Wildman–Crippen LogP) is 2.70. The van der Waals surface area contributed by atoms with E-state index in [1.807, 2.05) is 12.1 Å². The average Bonchev–Trinajstić information content (AvgIpc) is 2.86. The summed E-state index contributed by atoms with van der Waals surface area (Å²) in [5.74, 6) is 1.40. The first-order valence-corrected chi connectivity index (χ1v) is 5.68. The lowest BCUT2D eigenvalue weighted by Crippen LogP contribution is -1.88. The normalized spacial score (nSPS) is 9.71. The maximum absolute atomic E-state index is 8.77. The van der Waals surface area contributed by atoms with E-state index in [2.05, 4.69) is 11.1 Å². The van der Waals surface area contributed by atoms with E-state index in [1.165, 1.54) is 11.3 Å². The highest BCUT2D eigenvalue weighted by Gasteiger charge is 2.08. The van der Waals surface area contributed by atoms with Gasteiger partial charge in [0.15, 0.2) is 0 Å². The zero-order chi connectivity index (χ0) is 12.3. The summed E-state index contributed by atoms with van der Waals surface area (Å²) in [7, 11) is 3.20. The minimum atomic E-state index is 0.585. The third-order valence-electron chi connectivity index (χ3n) is 2.21. The van der Waals surface area contributed by atoms with Gasteiger partial charge in [-0.15, -0.1) is 11.3 Å². The van der Waals surface area contributed by atoms with Gasteiger partial charge in [0.25, 0.3) is 0 Å². The molecule has 86 valence electrons. The Bertz CT molecular complexity index is 550. The van der Waals surface area contributed by atoms with Gasteiger partial charge in [-0.05, 0) is 12.1 Å². The van der Waals surface area contributed by atoms with Crippen molar-refractivity contribution in [2.75, 3.05) is 14.2 Å². The van der Waals surface area contributed by atoms with Crippen LogP contribution in [0.15, 0.2) is 24.4 Å². The molecule has 0 aliphatic heterocycles. The van der Waals surface area contributed by atoms with Crippen LogP contribution >= 0.6 is 11.3 Å². The lowest BCUT2D eigenvalue weighted by atomic mass is 10.2. The van der Waals surface area contributed by atoms with Crippen molar-refractivity contribution in [1.82, 2.24) is 4.98 Å². The molecule has 2 aromatic rings. The summed E-state index contributed by atoms with van der Waals surface area (Å²) < 4.78 is 10.4. The second kappa shape index (κ2) is 4.85. The number of ether oxygens (including phenoxy) is 2. The fourth-order valence-corrected chi connectivity index (χ4v) is 2.09. The Morgan fingerprint density at radius 1 is 1.18 bits per heavy atom. The number of methoxy groups -OCH3 is 2. The van der Waals surface area contributed by atoms with E-state index >= 15 is 0 Å². The summed E-state index contributed by atoms with van der Waals surface area (Å²) in [6.07, 6.45) is 1.56. The van der Waals surface area contributed by atoms with Crippen LogP contribution in [-0.4, -0.2) is 19.2 Å². The average molecular weight is 246 g/mol. The SMILES string of the molecule is COc1cc(OC)cc(-c2ncc(C#N)s2)c1. The molecule has 0 saturated heterocycles. The molecule has 0 bridgehead atoms. The second-order valence-corrected chi connectivity index (χ2v) is 4.27. The summed E-state index contributed by atoms with van der Waals surface area (Å²) in [5, 5.41) is 9.55. The largest absolute Gasteiger partial charge is 0.497 e. The van der Waals surface area contributed by atoms with Crippen LogP contribution in [0.2, 0.25) is 0 Å². The molecule has 17 heavy (non-hydrogen) atoms. The van der Waals surface area contributed by atoms with Crippen LogP contribution in [0, 0.1) is 11.3 Å². The van der Waals surface area contributed by atoms with Gasteiger partial charge in [0.2, 0.25) is 0 Å². The number of hydrogen-bond acceptors (Lipinski definition) is 5. The highest BCUT2D eigenvalue weighted by Crippen LogP contribution is 2.31. The van der Waals surface area contributed by atoms with Crippen LogP contribution in [0.4, 0.5) is 0 Å². The number of hydrogen-bond donors (Lipinski definition) is 0. The second-order valence-electron chi connectivity index (χ2n) is 3.24. The number of thiazole rings is 1. The van der Waals surface area contributed by atoms with Crippen molar-refractivity contribution in [1.29, 1.82) is 5.26 Å². The Kier molecular flexibility index (Phi) is 3.26. The molecule has 0 aliphatic carbocycles. The monoisotopic (exact) mass is 246 g/mol. The molecule has 0 unspecified atom stereocenters. The Morgan fingerprint density at radius 3 is 2.29 bits per heavy atom. The molecule has 0 aliphatic rings. The van der Waals surface area contributed by atoms with E-state index in [9.17, 15) is 0 Å². The van der Waals surface area contributed by atoms with Gasteiger partial charge in [0, 0.05) is 11.6 Å². The Hall–Kier alpha value is -2.06. The van der Waals surface area contributed by atoms with E-state index in [-0.39, 0.29) is 0 Å². The van der Waals surface area contributed by atoms with Crippen LogP contribution in [0.1, 0.15) is 4.88 Å². The fourth-order valence-electron chi connectivity index (χ4n) is 1.39. The maximum atomic E-state index is 8.77. The summed E-state index contributed by atoms with van der Waals surface area (Å²) in [6, 6.07) is 7.59. The Morgan fingerprint density at radius 2 is 1.82 bits per heavy atom. The zero-order valence-electron chi connectivity index (χ0n) is 9.43. The van der Waals surface area contributed by atoms with Crippen LogP contribution in [0.25, 0.3) is 10.6 Å². The Balaban J connectivity index is 2.47. The van der Waals surface area contributed by atoms with Crippen molar-refractivity contribution in [3.8, 4) is 28.1 Å². The van der Waals surface area contributed by atoms with Crippen molar-refractivity contribution in [2.24, 2.45) is 0 Å². The molecule has 0 N–H and O–H groups in total. The molecule has 0 atom stereocenters. The van der Waals surface area contributed by atoms with E-state index in [1.54, 1.807) is 26.5 Å². The van der Waals surface area contributed by atoms with Gasteiger partial charge in [-0.25, -0.2) is 4.98 Å². The van der Waals surface area contributed by atoms with Gasteiger partial charge in [0.05, 0.1) is 20.4 Å². The quantitative estimate of drug-likeness (QED) is 0.835. The molecule has 0 fully saturated rings. The molecule has 1 heterocycles. The molecule has 2 rings (SSSR count). The lowest BCUT2D eigenvalue weighted by Gasteiger charge is -2.06. The molecule has 0 saturated carbocycles. The molecular formula is C12H10N2O2S. The van der Waals surface area contributed by atoms with E-state index < -0.39 is 0 Å². The number of rotatable bonds is 3. The highest BCUT2D eigenvalue weighted by atomic mass is 32.1. The van der Waals surface area contributed by atoms with Gasteiger partial charge >= 0.3 is 0 Å². The molecule has 5 heteroatoms. The highest BCUT2D eigenvalue weighted by molar-refractivity contribution is 7.15. The maximum Gasteiger partial charge on any atom is 0.125 e. The van der Waals surface area contributed by atoms with Gasteiger partial charge in [0.1, 0.15) is 27.5 Å². The molecule has 0 amide bonds. The van der Waals surface area contributed by atoms with Crippen molar-refractivity contribution >= 4 is 11.3 Å². The molecule has 1 aromatic heterocycles. The molecule has 4 nitrogen and oxygen atoms in total. The number of benzene rings is 1. The first-order valence-electron chi connectivity index (χ1n) is 4.86. The van der Waals surface area contributed by atoms with Crippen LogP contribution in [-0.2, 0) is 0 Å². The third kappa shape index (κ3) is 2.37. The zero-order valence-corrected chi connectivity index (χ0v) is 10.2. The number of nitriles is 1. The molecule has 0 spiro atoms. The van der Waals surface area contributed by atoms with E-state index in [0.29, 0.717) is 16.4 Å². The summed E-state index contributed by atoms with van der Waals surface area (Å²) in [5.41, 5.74) is 0.882. The van der Waals surface area contributed by atoms with Crippen molar-refractivity contribution in [2.45, 2.75) is 0 Å². The minimum Gasteiger partial charge on any atom is -0.497 e. The predicted molar refractivity (Wildman–Crippen MR) is 65.4 cm³/mol. The fraction of sp³-hybridized carbons (Fsp3) is 0.167. The number of aromatic nitrogens is 1. The molecule has 1 aromatic carbocycles. The van der Waals surface area contributed by atoms with E-state index in [4.69, 9.17) is 14.7 Å². The van der Waals surface area contributed by atoms with Crippen LogP contribution in [0.5, 0.6) is 11.5 Å². The van der Waals surface area contributed by atoms with Crippen LogP contribution in [0.3, 0.4) is 0 Å². The first-order chi connectivity index (χ1) is 8.26. The lowest BCUT2D eigenvalue weighted by molar-refractivity contribution is 0.394. The van der Waals surface area contributed by atoms with Crippen molar-refractivity contribution in [3.05, 3.63) is 29.3 Å².